The topological polar surface area (TPSA) is 54.2 Å². The monoisotopic (exact) mass is 288 g/mol. The van der Waals surface area contributed by atoms with Crippen LogP contribution in [-0.2, 0) is 6.54 Å². The summed E-state index contributed by atoms with van der Waals surface area (Å²) in [5, 5.41) is 7.27. The Morgan fingerprint density at radius 2 is 2.26 bits per heavy atom. The van der Waals surface area contributed by atoms with Gasteiger partial charge in [-0.05, 0) is 38.9 Å². The molecule has 110 valence electrons. The van der Waals surface area contributed by atoms with Crippen LogP contribution in [0, 0.1) is 5.92 Å². The Hall–Kier alpha value is -0.650. The van der Waals surface area contributed by atoms with Crippen LogP contribution < -0.4 is 5.32 Å². The fraction of sp³-hybridized carbons (Fsp3) is 0.846. The highest BCUT2D eigenvalue weighted by Gasteiger charge is 2.21. The van der Waals surface area contributed by atoms with Crippen molar-refractivity contribution < 1.29 is 4.52 Å². The minimum absolute atomic E-state index is 0. The lowest BCUT2D eigenvalue weighted by molar-refractivity contribution is 0.149. The molecule has 0 aliphatic carbocycles. The molecule has 1 unspecified atom stereocenters. The largest absolute Gasteiger partial charge is 0.338 e. The summed E-state index contributed by atoms with van der Waals surface area (Å²) in [6.45, 7) is 8.31. The molecular formula is C13H25ClN4O. The van der Waals surface area contributed by atoms with E-state index < -0.39 is 0 Å². The molecule has 1 aromatic heterocycles. The zero-order valence-corrected chi connectivity index (χ0v) is 12.9. The van der Waals surface area contributed by atoms with Gasteiger partial charge in [0, 0.05) is 12.5 Å². The first kappa shape index (κ1) is 16.4. The van der Waals surface area contributed by atoms with Gasteiger partial charge in [-0.3, -0.25) is 4.90 Å². The Bertz CT molecular complexity index is 367. The van der Waals surface area contributed by atoms with E-state index in [-0.39, 0.29) is 12.4 Å². The maximum absolute atomic E-state index is 5.31. The molecular weight excluding hydrogens is 264 g/mol. The van der Waals surface area contributed by atoms with Gasteiger partial charge in [0.15, 0.2) is 5.82 Å². The number of hydrogen-bond donors (Lipinski definition) is 1. The molecule has 2 heterocycles. The molecule has 1 aliphatic heterocycles. The molecule has 2 rings (SSSR count). The van der Waals surface area contributed by atoms with E-state index in [4.69, 9.17) is 4.52 Å². The van der Waals surface area contributed by atoms with E-state index in [1.807, 2.05) is 7.05 Å². The Morgan fingerprint density at radius 3 is 2.89 bits per heavy atom. The van der Waals surface area contributed by atoms with Crippen LogP contribution in [0.3, 0.4) is 0 Å². The molecule has 1 atom stereocenters. The molecule has 1 saturated heterocycles. The Balaban J connectivity index is 0.00000180. The minimum Gasteiger partial charge on any atom is -0.338 e. The Labute approximate surface area is 121 Å². The smallest absolute Gasteiger partial charge is 0.240 e. The molecule has 0 aromatic carbocycles. The zero-order valence-electron chi connectivity index (χ0n) is 12.1. The summed E-state index contributed by atoms with van der Waals surface area (Å²) in [6, 6.07) is 0. The number of nitrogens with zero attached hydrogens (tertiary/aromatic N) is 3. The van der Waals surface area contributed by atoms with Crippen LogP contribution in [-0.4, -0.2) is 41.7 Å². The van der Waals surface area contributed by atoms with Crippen molar-refractivity contribution in [1.29, 1.82) is 0 Å². The van der Waals surface area contributed by atoms with Crippen molar-refractivity contribution >= 4 is 12.4 Å². The van der Waals surface area contributed by atoms with Crippen molar-refractivity contribution in [3.05, 3.63) is 11.7 Å². The van der Waals surface area contributed by atoms with Crippen molar-refractivity contribution in [1.82, 2.24) is 20.4 Å². The van der Waals surface area contributed by atoms with E-state index in [1.165, 1.54) is 12.8 Å². The van der Waals surface area contributed by atoms with Gasteiger partial charge in [-0.15, -0.1) is 12.4 Å². The van der Waals surface area contributed by atoms with Crippen molar-refractivity contribution in [2.45, 2.75) is 39.2 Å². The standard InChI is InChI=1S/C13H24N4O.ClH/c1-10(2)13-15-12(18-16-13)9-17-6-4-5-11(8-17)7-14-3;/h10-11,14H,4-9H2,1-3H3;1H. The number of hydrogen-bond acceptors (Lipinski definition) is 5. The highest BCUT2D eigenvalue weighted by Crippen LogP contribution is 2.18. The summed E-state index contributed by atoms with van der Waals surface area (Å²) in [6.07, 6.45) is 2.58. The number of piperidine rings is 1. The van der Waals surface area contributed by atoms with Gasteiger partial charge < -0.3 is 9.84 Å². The van der Waals surface area contributed by atoms with E-state index >= 15 is 0 Å². The fourth-order valence-corrected chi connectivity index (χ4v) is 2.51. The lowest BCUT2D eigenvalue weighted by Crippen LogP contribution is -2.38. The maximum Gasteiger partial charge on any atom is 0.240 e. The molecule has 0 amide bonds. The third kappa shape index (κ3) is 4.75. The zero-order chi connectivity index (χ0) is 13.0. The Kier molecular flexibility index (Phi) is 6.75. The quantitative estimate of drug-likeness (QED) is 0.899. The van der Waals surface area contributed by atoms with Gasteiger partial charge in [0.25, 0.3) is 0 Å². The number of nitrogens with one attached hydrogen (secondary N) is 1. The molecule has 6 heteroatoms. The summed E-state index contributed by atoms with van der Waals surface area (Å²) >= 11 is 0. The Morgan fingerprint density at radius 1 is 1.47 bits per heavy atom. The van der Waals surface area contributed by atoms with Crippen LogP contribution in [0.15, 0.2) is 4.52 Å². The van der Waals surface area contributed by atoms with Gasteiger partial charge in [0.05, 0.1) is 6.54 Å². The van der Waals surface area contributed by atoms with Crippen LogP contribution in [0.2, 0.25) is 0 Å². The molecule has 0 saturated carbocycles. The van der Waals surface area contributed by atoms with E-state index in [9.17, 15) is 0 Å². The molecule has 1 N–H and O–H groups in total. The lowest BCUT2D eigenvalue weighted by atomic mass is 9.98. The van der Waals surface area contributed by atoms with Gasteiger partial charge in [0.1, 0.15) is 0 Å². The highest BCUT2D eigenvalue weighted by molar-refractivity contribution is 5.85. The average Bonchev–Trinajstić information content (AvgIpc) is 2.78. The van der Waals surface area contributed by atoms with Crippen LogP contribution in [0.1, 0.15) is 44.3 Å². The first-order valence-electron chi connectivity index (χ1n) is 6.88. The SMILES string of the molecule is CNCC1CCCN(Cc2nc(C(C)C)no2)C1.Cl. The molecule has 1 aliphatic rings. The number of aromatic nitrogens is 2. The second kappa shape index (κ2) is 7.82. The highest BCUT2D eigenvalue weighted by atomic mass is 35.5. The van der Waals surface area contributed by atoms with Crippen molar-refractivity contribution in [3.63, 3.8) is 0 Å². The molecule has 1 aromatic rings. The van der Waals surface area contributed by atoms with Gasteiger partial charge in [-0.1, -0.05) is 19.0 Å². The third-order valence-electron chi connectivity index (χ3n) is 3.45. The second-order valence-corrected chi connectivity index (χ2v) is 5.50. The van der Waals surface area contributed by atoms with E-state index in [1.54, 1.807) is 0 Å². The molecule has 5 nitrogen and oxygen atoms in total. The van der Waals surface area contributed by atoms with Crippen molar-refractivity contribution in [3.8, 4) is 0 Å². The molecule has 19 heavy (non-hydrogen) atoms. The molecule has 0 bridgehead atoms. The van der Waals surface area contributed by atoms with Crippen LogP contribution in [0.4, 0.5) is 0 Å². The summed E-state index contributed by atoms with van der Waals surface area (Å²) in [5.41, 5.74) is 0. The summed E-state index contributed by atoms with van der Waals surface area (Å²) in [7, 11) is 2.02. The van der Waals surface area contributed by atoms with E-state index in [2.05, 4.69) is 34.2 Å². The summed E-state index contributed by atoms with van der Waals surface area (Å²) in [5.74, 6) is 2.65. The second-order valence-electron chi connectivity index (χ2n) is 5.50. The molecule has 1 fully saturated rings. The predicted octanol–water partition coefficient (Wildman–Crippen LogP) is 2.05. The number of likely N-dealkylation sites (tertiary alicyclic amines) is 1. The van der Waals surface area contributed by atoms with Gasteiger partial charge in [-0.25, -0.2) is 0 Å². The van der Waals surface area contributed by atoms with Crippen LogP contribution in [0.5, 0.6) is 0 Å². The van der Waals surface area contributed by atoms with E-state index in [0.717, 1.165) is 43.8 Å². The first-order chi connectivity index (χ1) is 8.69. The molecule has 0 spiro atoms. The minimum atomic E-state index is 0. The average molecular weight is 289 g/mol. The summed E-state index contributed by atoms with van der Waals surface area (Å²) < 4.78 is 5.31. The maximum atomic E-state index is 5.31. The molecule has 0 radical (unpaired) electrons. The van der Waals surface area contributed by atoms with Crippen LogP contribution >= 0.6 is 12.4 Å². The van der Waals surface area contributed by atoms with Crippen LogP contribution in [0.25, 0.3) is 0 Å². The van der Waals surface area contributed by atoms with Gasteiger partial charge in [0.2, 0.25) is 5.89 Å². The lowest BCUT2D eigenvalue weighted by Gasteiger charge is -2.31. The normalized spacial score (nSPS) is 20.5. The third-order valence-corrected chi connectivity index (χ3v) is 3.45. The first-order valence-corrected chi connectivity index (χ1v) is 6.88. The van der Waals surface area contributed by atoms with Gasteiger partial charge in [-0.2, -0.15) is 4.98 Å². The van der Waals surface area contributed by atoms with Crippen molar-refractivity contribution in [2.24, 2.45) is 5.92 Å². The van der Waals surface area contributed by atoms with Crippen molar-refractivity contribution in [2.75, 3.05) is 26.7 Å². The fourth-order valence-electron chi connectivity index (χ4n) is 2.51. The summed E-state index contributed by atoms with van der Waals surface area (Å²) in [4.78, 5) is 6.86. The number of rotatable bonds is 5. The van der Waals surface area contributed by atoms with E-state index in [0.29, 0.717) is 5.92 Å². The van der Waals surface area contributed by atoms with Gasteiger partial charge >= 0.3 is 0 Å². The number of halogens is 1. The predicted molar refractivity (Wildman–Crippen MR) is 77.6 cm³/mol.